The van der Waals surface area contributed by atoms with E-state index in [1.54, 1.807) is 12.1 Å². The van der Waals surface area contributed by atoms with Gasteiger partial charge in [0.2, 0.25) is 0 Å². The van der Waals surface area contributed by atoms with Gasteiger partial charge in [-0.15, -0.1) is 0 Å². The number of rotatable bonds is 4. The maximum absolute atomic E-state index is 12.3. The number of ether oxygens (including phenoxy) is 1. The van der Waals surface area contributed by atoms with Gasteiger partial charge in [-0.25, -0.2) is 8.42 Å². The highest BCUT2D eigenvalue weighted by atomic mass is 79.9. The molecule has 3 N–H and O–H groups in total. The van der Waals surface area contributed by atoms with Crippen molar-refractivity contribution in [2.75, 3.05) is 17.6 Å². The summed E-state index contributed by atoms with van der Waals surface area (Å²) in [5.74, 6) is 0.588. The van der Waals surface area contributed by atoms with E-state index in [1.165, 1.54) is 31.4 Å². The van der Waals surface area contributed by atoms with E-state index in [0.29, 0.717) is 26.1 Å². The summed E-state index contributed by atoms with van der Waals surface area (Å²) in [6, 6.07) is 9.22. The summed E-state index contributed by atoms with van der Waals surface area (Å²) < 4.78 is 33.5. The molecule has 0 saturated heterocycles. The van der Waals surface area contributed by atoms with Gasteiger partial charge in [0.05, 0.1) is 26.6 Å². The van der Waals surface area contributed by atoms with Crippen LogP contribution >= 0.6 is 31.9 Å². The number of benzene rings is 2. The lowest BCUT2D eigenvalue weighted by molar-refractivity contribution is 0.409. The number of sulfonamides is 1. The summed E-state index contributed by atoms with van der Waals surface area (Å²) in [5, 5.41) is 0. The van der Waals surface area contributed by atoms with Gasteiger partial charge >= 0.3 is 0 Å². The second kappa shape index (κ2) is 6.25. The van der Waals surface area contributed by atoms with Crippen LogP contribution in [0.15, 0.2) is 50.2 Å². The van der Waals surface area contributed by atoms with Crippen molar-refractivity contribution < 1.29 is 13.2 Å². The molecule has 0 unspecified atom stereocenters. The zero-order valence-electron chi connectivity index (χ0n) is 10.9. The Bertz CT molecular complexity index is 738. The van der Waals surface area contributed by atoms with Crippen molar-refractivity contribution in [1.82, 2.24) is 0 Å². The first kappa shape index (κ1) is 16.1. The van der Waals surface area contributed by atoms with Crippen LogP contribution in [0.1, 0.15) is 0 Å². The van der Waals surface area contributed by atoms with E-state index in [1.807, 2.05) is 0 Å². The normalized spacial score (nSPS) is 11.2. The maximum atomic E-state index is 12.3. The highest BCUT2D eigenvalue weighted by molar-refractivity contribution is 9.11. The lowest BCUT2D eigenvalue weighted by atomic mass is 10.3. The number of anilines is 2. The first-order valence-electron chi connectivity index (χ1n) is 5.75. The lowest BCUT2D eigenvalue weighted by Crippen LogP contribution is -2.13. The molecule has 0 fully saturated rings. The van der Waals surface area contributed by atoms with Gasteiger partial charge in [-0.1, -0.05) is 0 Å². The van der Waals surface area contributed by atoms with Crippen LogP contribution in [0.5, 0.6) is 5.75 Å². The molecule has 0 heterocycles. The number of halogens is 2. The molecule has 112 valence electrons. The predicted molar refractivity (Wildman–Crippen MR) is 90.1 cm³/mol. The Morgan fingerprint density at radius 1 is 1.10 bits per heavy atom. The second-order valence-electron chi connectivity index (χ2n) is 4.15. The molecule has 0 spiro atoms. The fraction of sp³-hybridized carbons (Fsp3) is 0.0769. The molecule has 2 rings (SSSR count). The maximum Gasteiger partial charge on any atom is 0.261 e. The van der Waals surface area contributed by atoms with E-state index >= 15 is 0 Å². The summed E-state index contributed by atoms with van der Waals surface area (Å²) in [6.07, 6.45) is 0. The summed E-state index contributed by atoms with van der Waals surface area (Å²) in [6.45, 7) is 0. The molecule has 5 nitrogen and oxygen atoms in total. The minimum Gasteiger partial charge on any atom is -0.494 e. The zero-order valence-corrected chi connectivity index (χ0v) is 14.9. The van der Waals surface area contributed by atoms with Gasteiger partial charge in [0.1, 0.15) is 5.75 Å². The Morgan fingerprint density at radius 2 is 1.62 bits per heavy atom. The number of nitrogens with two attached hydrogens (primary N) is 1. The molecule has 0 amide bonds. The van der Waals surface area contributed by atoms with Gasteiger partial charge in [0.15, 0.2) is 0 Å². The van der Waals surface area contributed by atoms with Crippen molar-refractivity contribution in [3.05, 3.63) is 45.3 Å². The monoisotopic (exact) mass is 434 g/mol. The fourth-order valence-corrected chi connectivity index (χ4v) is 4.23. The van der Waals surface area contributed by atoms with Crippen molar-refractivity contribution in [2.45, 2.75) is 4.90 Å². The minimum absolute atomic E-state index is 0.139. The van der Waals surface area contributed by atoms with Crippen molar-refractivity contribution in [1.29, 1.82) is 0 Å². The first-order valence-corrected chi connectivity index (χ1v) is 8.82. The van der Waals surface area contributed by atoms with Crippen LogP contribution in [0.25, 0.3) is 0 Å². The van der Waals surface area contributed by atoms with Crippen LogP contribution in [0.4, 0.5) is 11.4 Å². The van der Waals surface area contributed by atoms with E-state index in [9.17, 15) is 8.42 Å². The van der Waals surface area contributed by atoms with Gasteiger partial charge in [0.25, 0.3) is 10.0 Å². The molecule has 8 heteroatoms. The average molecular weight is 436 g/mol. The zero-order chi connectivity index (χ0) is 15.6. The Balaban J connectivity index is 2.35. The molecule has 0 aliphatic carbocycles. The van der Waals surface area contributed by atoms with Crippen molar-refractivity contribution in [3.8, 4) is 5.75 Å². The van der Waals surface area contributed by atoms with Crippen molar-refractivity contribution >= 4 is 53.3 Å². The lowest BCUT2D eigenvalue weighted by Gasteiger charge is -2.12. The molecule has 0 saturated carbocycles. The van der Waals surface area contributed by atoms with Gasteiger partial charge in [-0.2, -0.15) is 0 Å². The molecule has 0 atom stereocenters. The summed E-state index contributed by atoms with van der Waals surface area (Å²) in [5.41, 5.74) is 6.46. The van der Waals surface area contributed by atoms with Crippen LogP contribution in [0, 0.1) is 0 Å². The molecule has 21 heavy (non-hydrogen) atoms. The first-order chi connectivity index (χ1) is 9.83. The summed E-state index contributed by atoms with van der Waals surface area (Å²) in [4.78, 5) is 0.139. The van der Waals surface area contributed by atoms with E-state index in [0.717, 1.165) is 0 Å². The summed E-state index contributed by atoms with van der Waals surface area (Å²) in [7, 11) is -2.14. The molecular formula is C13H12Br2N2O3S. The van der Waals surface area contributed by atoms with E-state index in [-0.39, 0.29) is 4.90 Å². The van der Waals surface area contributed by atoms with E-state index in [2.05, 4.69) is 36.6 Å². The van der Waals surface area contributed by atoms with Gasteiger partial charge in [-0.05, 0) is 68.3 Å². The van der Waals surface area contributed by atoms with E-state index < -0.39 is 10.0 Å². The van der Waals surface area contributed by atoms with Crippen LogP contribution in [-0.2, 0) is 10.0 Å². The van der Waals surface area contributed by atoms with Gasteiger partial charge in [0, 0.05) is 5.69 Å². The smallest absolute Gasteiger partial charge is 0.261 e. The Hall–Kier alpha value is -1.25. The second-order valence-corrected chi connectivity index (χ2v) is 7.54. The van der Waals surface area contributed by atoms with Gasteiger partial charge < -0.3 is 10.5 Å². The quantitative estimate of drug-likeness (QED) is 0.718. The average Bonchev–Trinajstić information content (AvgIpc) is 2.38. The Labute approximate surface area is 139 Å². The number of nitrogen functional groups attached to an aromatic ring is 1. The van der Waals surface area contributed by atoms with Crippen LogP contribution in [0.2, 0.25) is 0 Å². The number of hydrogen-bond donors (Lipinski definition) is 2. The third kappa shape index (κ3) is 3.69. The SMILES string of the molecule is COc1c(Br)cc(NS(=O)(=O)c2ccc(N)cc2)cc1Br. The molecule has 2 aromatic carbocycles. The number of hydrogen-bond acceptors (Lipinski definition) is 4. The minimum atomic E-state index is -3.67. The van der Waals surface area contributed by atoms with Crippen LogP contribution in [-0.4, -0.2) is 15.5 Å². The van der Waals surface area contributed by atoms with Crippen molar-refractivity contribution in [2.24, 2.45) is 0 Å². The third-order valence-corrected chi connectivity index (χ3v) is 5.22. The molecule has 0 bridgehead atoms. The Kier molecular flexibility index (Phi) is 4.80. The molecule has 0 aliphatic rings. The van der Waals surface area contributed by atoms with Crippen molar-refractivity contribution in [3.63, 3.8) is 0 Å². The summed E-state index contributed by atoms with van der Waals surface area (Å²) >= 11 is 6.65. The fourth-order valence-electron chi connectivity index (χ4n) is 1.67. The molecule has 0 aromatic heterocycles. The third-order valence-electron chi connectivity index (χ3n) is 2.65. The Morgan fingerprint density at radius 3 is 2.10 bits per heavy atom. The highest BCUT2D eigenvalue weighted by Gasteiger charge is 2.16. The van der Waals surface area contributed by atoms with E-state index in [4.69, 9.17) is 10.5 Å². The highest BCUT2D eigenvalue weighted by Crippen LogP contribution is 2.36. The van der Waals surface area contributed by atoms with Crippen LogP contribution in [0.3, 0.4) is 0 Å². The number of methoxy groups -OCH3 is 1. The largest absolute Gasteiger partial charge is 0.494 e. The molecule has 2 aromatic rings. The standard InChI is InChI=1S/C13H12Br2N2O3S/c1-20-13-11(14)6-9(7-12(13)15)17-21(18,19)10-4-2-8(16)3-5-10/h2-7,17H,16H2,1H3. The molecule has 0 aliphatic heterocycles. The van der Waals surface area contributed by atoms with Gasteiger partial charge in [-0.3, -0.25) is 4.72 Å². The number of nitrogens with one attached hydrogen (secondary N) is 1. The molecule has 0 radical (unpaired) electrons. The predicted octanol–water partition coefficient (Wildman–Crippen LogP) is 3.60. The van der Waals surface area contributed by atoms with Crippen LogP contribution < -0.4 is 15.2 Å². The molecular weight excluding hydrogens is 424 g/mol. The topological polar surface area (TPSA) is 81.4 Å².